The fraction of sp³-hybridized carbons (Fsp3) is 0.385. The van der Waals surface area contributed by atoms with Crippen LogP contribution in [-0.4, -0.2) is 55.4 Å². The maximum atomic E-state index is 15.4. The summed E-state index contributed by atoms with van der Waals surface area (Å²) in [5.41, 5.74) is 0.131. The van der Waals surface area contributed by atoms with Crippen LogP contribution >= 0.6 is 11.6 Å². The zero-order valence-corrected chi connectivity index (χ0v) is 22.3. The number of nitrogens with one attached hydrogen (secondary N) is 2. The third-order valence-corrected chi connectivity index (χ3v) is 8.00. The highest BCUT2D eigenvalue weighted by atomic mass is 35.5. The van der Waals surface area contributed by atoms with Crippen molar-refractivity contribution in [3.05, 3.63) is 57.9 Å². The molecule has 3 aliphatic rings. The number of imide groups is 1. The van der Waals surface area contributed by atoms with E-state index in [0.29, 0.717) is 0 Å². The van der Waals surface area contributed by atoms with E-state index in [1.54, 1.807) is 0 Å². The topological polar surface area (TPSA) is 136 Å². The second kappa shape index (κ2) is 10.2. The minimum absolute atomic E-state index is 0.0331. The number of ether oxygens (including phenoxy) is 1. The number of benzene rings is 1. The van der Waals surface area contributed by atoms with Crippen molar-refractivity contribution in [2.45, 2.75) is 63.1 Å². The van der Waals surface area contributed by atoms with E-state index in [9.17, 15) is 32.3 Å². The Morgan fingerprint density at radius 3 is 2.71 bits per heavy atom. The van der Waals surface area contributed by atoms with Crippen LogP contribution in [0.3, 0.4) is 0 Å². The Hall–Kier alpha value is -4.27. The van der Waals surface area contributed by atoms with Gasteiger partial charge >= 0.3 is 12.3 Å². The number of alkyl halides is 3. The van der Waals surface area contributed by atoms with Gasteiger partial charge in [-0.15, -0.1) is 0 Å². The Kier molecular flexibility index (Phi) is 6.78. The number of imidazole rings is 1. The van der Waals surface area contributed by atoms with Crippen molar-refractivity contribution in [1.82, 2.24) is 30.1 Å². The number of halogens is 5. The minimum atomic E-state index is -4.69. The van der Waals surface area contributed by atoms with Crippen molar-refractivity contribution in [2.24, 2.45) is 0 Å². The quantitative estimate of drug-likeness (QED) is 0.334. The molecule has 2 aromatic heterocycles. The Labute approximate surface area is 239 Å². The first-order chi connectivity index (χ1) is 19.9. The minimum Gasteiger partial charge on any atom is -0.446 e. The molecule has 1 atom stereocenters. The van der Waals surface area contributed by atoms with Crippen molar-refractivity contribution in [3.63, 3.8) is 0 Å². The van der Waals surface area contributed by atoms with Crippen molar-refractivity contribution in [3.8, 4) is 0 Å². The zero-order valence-electron chi connectivity index (χ0n) is 21.5. The lowest BCUT2D eigenvalue weighted by molar-refractivity contribution is -0.149. The molecular formula is C26H21ClF4N6O5. The van der Waals surface area contributed by atoms with Gasteiger partial charge in [-0.1, -0.05) is 11.6 Å². The third-order valence-electron chi connectivity index (χ3n) is 7.66. The number of pyridine rings is 1. The molecule has 1 saturated carbocycles. The largest absolute Gasteiger partial charge is 0.449 e. The fourth-order valence-corrected chi connectivity index (χ4v) is 5.84. The number of carbonyl (C=O) groups excluding carboxylic acids is 4. The van der Waals surface area contributed by atoms with Crippen LogP contribution in [0.5, 0.6) is 0 Å². The molecule has 1 aliphatic carbocycles. The monoisotopic (exact) mass is 608 g/mol. The normalized spacial score (nSPS) is 22.2. The molecule has 0 spiro atoms. The molecule has 42 heavy (non-hydrogen) atoms. The maximum absolute atomic E-state index is 15.4. The summed E-state index contributed by atoms with van der Waals surface area (Å²) in [6.07, 6.45) is -3.35. The molecule has 2 fully saturated rings. The molecule has 4 heterocycles. The van der Waals surface area contributed by atoms with Gasteiger partial charge in [-0.05, 0) is 18.6 Å². The van der Waals surface area contributed by atoms with Gasteiger partial charge in [-0.3, -0.25) is 24.7 Å². The van der Waals surface area contributed by atoms with Gasteiger partial charge < -0.3 is 19.5 Å². The van der Waals surface area contributed by atoms with Crippen LogP contribution in [0, 0.1) is 5.82 Å². The second-order valence-electron chi connectivity index (χ2n) is 10.3. The molecule has 1 saturated heterocycles. The highest BCUT2D eigenvalue weighted by Crippen LogP contribution is 2.42. The van der Waals surface area contributed by atoms with Gasteiger partial charge in [0, 0.05) is 60.7 Å². The average molecular weight is 609 g/mol. The van der Waals surface area contributed by atoms with E-state index in [2.05, 4.69) is 20.6 Å². The maximum Gasteiger partial charge on any atom is 0.449 e. The van der Waals surface area contributed by atoms with Crippen LogP contribution in [0.2, 0.25) is 5.02 Å². The van der Waals surface area contributed by atoms with Crippen molar-refractivity contribution >= 4 is 46.4 Å². The number of hydrogen-bond acceptors (Lipinski definition) is 7. The van der Waals surface area contributed by atoms with E-state index in [1.165, 1.54) is 24.5 Å². The zero-order chi connectivity index (χ0) is 29.9. The molecule has 1 aromatic carbocycles. The standard InChI is InChI=1S/C26H21ClF4N6O5/c27-15-5-11(21(28)20-14(15)10-36(23(20)40)17-1-2-19(38)35-22(17)39)8-33-25(41)42-13-6-12(7-13)37-18-9-32-4-3-16(18)34-24(37)26(29,30)31/h3-5,9,12-13,17H,1-2,6-8,10H2,(H,33,41)(H,35,38,39). The molecule has 2 aliphatic heterocycles. The molecule has 16 heteroatoms. The summed E-state index contributed by atoms with van der Waals surface area (Å²) in [5.74, 6) is -3.85. The Morgan fingerprint density at radius 1 is 1.24 bits per heavy atom. The summed E-state index contributed by atoms with van der Waals surface area (Å²) in [6, 6.07) is 1.06. The molecule has 0 bridgehead atoms. The van der Waals surface area contributed by atoms with Gasteiger partial charge in [0.05, 0.1) is 22.8 Å². The van der Waals surface area contributed by atoms with Crippen LogP contribution < -0.4 is 10.6 Å². The van der Waals surface area contributed by atoms with Gasteiger partial charge in [0.15, 0.2) is 0 Å². The molecule has 1 unspecified atom stereocenters. The molecule has 6 rings (SSSR count). The van der Waals surface area contributed by atoms with Crippen LogP contribution in [0.15, 0.2) is 24.5 Å². The van der Waals surface area contributed by atoms with Gasteiger partial charge in [0.2, 0.25) is 17.6 Å². The molecule has 0 radical (unpaired) electrons. The van der Waals surface area contributed by atoms with Gasteiger partial charge in [0.25, 0.3) is 5.91 Å². The summed E-state index contributed by atoms with van der Waals surface area (Å²) in [5, 5.41) is 4.60. The first kappa shape index (κ1) is 27.9. The molecular weight excluding hydrogens is 588 g/mol. The number of nitrogens with zero attached hydrogens (tertiary/aromatic N) is 4. The van der Waals surface area contributed by atoms with E-state index < -0.39 is 66.4 Å². The lowest BCUT2D eigenvalue weighted by atomic mass is 9.88. The summed E-state index contributed by atoms with van der Waals surface area (Å²) in [4.78, 5) is 57.9. The van der Waals surface area contributed by atoms with E-state index >= 15 is 4.39 Å². The Morgan fingerprint density at radius 2 is 2.00 bits per heavy atom. The van der Waals surface area contributed by atoms with Crippen LogP contribution in [0.25, 0.3) is 11.0 Å². The van der Waals surface area contributed by atoms with Gasteiger partial charge in [0.1, 0.15) is 18.0 Å². The average Bonchev–Trinajstić information content (AvgIpc) is 3.46. The predicted octanol–water partition coefficient (Wildman–Crippen LogP) is 3.63. The van der Waals surface area contributed by atoms with Gasteiger partial charge in [-0.25, -0.2) is 14.2 Å². The molecule has 2 N–H and O–H groups in total. The van der Waals surface area contributed by atoms with Gasteiger partial charge in [-0.2, -0.15) is 13.2 Å². The number of piperidine rings is 1. The lowest BCUT2D eigenvalue weighted by Crippen LogP contribution is -2.52. The number of fused-ring (bicyclic) bond motifs is 2. The van der Waals surface area contributed by atoms with Crippen molar-refractivity contribution in [2.75, 3.05) is 0 Å². The fourth-order valence-electron chi connectivity index (χ4n) is 5.56. The Bertz CT molecular complexity index is 1650. The number of alkyl carbamates (subject to hydrolysis) is 1. The summed E-state index contributed by atoms with van der Waals surface area (Å²) in [7, 11) is 0. The lowest BCUT2D eigenvalue weighted by Gasteiger charge is -2.36. The predicted molar refractivity (Wildman–Crippen MR) is 135 cm³/mol. The third kappa shape index (κ3) is 4.80. The van der Waals surface area contributed by atoms with Crippen LogP contribution in [0.4, 0.5) is 22.4 Å². The van der Waals surface area contributed by atoms with E-state index in [-0.39, 0.29) is 65.0 Å². The van der Waals surface area contributed by atoms with E-state index in [4.69, 9.17) is 16.3 Å². The number of aromatic nitrogens is 3. The van der Waals surface area contributed by atoms with E-state index in [1.807, 2.05) is 0 Å². The Balaban J connectivity index is 1.09. The highest BCUT2D eigenvalue weighted by molar-refractivity contribution is 6.32. The smallest absolute Gasteiger partial charge is 0.446 e. The van der Waals surface area contributed by atoms with Crippen molar-refractivity contribution in [1.29, 1.82) is 0 Å². The summed E-state index contributed by atoms with van der Waals surface area (Å²) < 4.78 is 62.5. The highest BCUT2D eigenvalue weighted by Gasteiger charge is 2.44. The molecule has 11 nitrogen and oxygen atoms in total. The van der Waals surface area contributed by atoms with Crippen LogP contribution in [-0.2, 0) is 33.6 Å². The first-order valence-corrected chi connectivity index (χ1v) is 13.3. The number of carbonyl (C=O) groups is 4. The molecule has 220 valence electrons. The van der Waals surface area contributed by atoms with E-state index in [0.717, 1.165) is 9.47 Å². The first-order valence-electron chi connectivity index (χ1n) is 12.9. The van der Waals surface area contributed by atoms with Crippen LogP contribution in [0.1, 0.15) is 59.0 Å². The number of rotatable bonds is 5. The van der Waals surface area contributed by atoms with Crippen molar-refractivity contribution < 1.29 is 41.5 Å². The number of amides is 4. The summed E-state index contributed by atoms with van der Waals surface area (Å²) in [6.45, 7) is -0.511. The molecule has 4 amide bonds. The summed E-state index contributed by atoms with van der Waals surface area (Å²) >= 11 is 6.32. The SMILES string of the molecule is O=C1CCC(N2Cc3c(Cl)cc(CNC(=O)OC4CC(n5c(C(F)(F)F)nc6ccncc65)C4)c(F)c3C2=O)C(=O)N1. The number of hydrogen-bond donors (Lipinski definition) is 2. The molecule has 3 aromatic rings. The second-order valence-corrected chi connectivity index (χ2v) is 10.7.